The summed E-state index contributed by atoms with van der Waals surface area (Å²) in [6.07, 6.45) is 2.73. The number of aliphatic carboxylic acids is 1. The minimum absolute atomic E-state index is 0.0866. The van der Waals surface area contributed by atoms with E-state index in [4.69, 9.17) is 5.11 Å². The van der Waals surface area contributed by atoms with Gasteiger partial charge in [-0.1, -0.05) is 0 Å². The third-order valence-corrected chi connectivity index (χ3v) is 4.75. The summed E-state index contributed by atoms with van der Waals surface area (Å²) in [6.45, 7) is 1.76. The predicted molar refractivity (Wildman–Crippen MR) is 87.4 cm³/mol. The minimum Gasteiger partial charge on any atom is -0.481 e. The maximum Gasteiger partial charge on any atom is 0.303 e. The fraction of sp³-hybridized carbons (Fsp3) is 0.562. The number of carbonyl (C=O) groups is 3. The molecule has 2 heterocycles. The van der Waals surface area contributed by atoms with E-state index in [-0.39, 0.29) is 24.2 Å². The van der Waals surface area contributed by atoms with E-state index in [0.29, 0.717) is 38.0 Å². The van der Waals surface area contributed by atoms with Crippen LogP contribution < -0.4 is 5.32 Å². The van der Waals surface area contributed by atoms with Gasteiger partial charge in [-0.3, -0.25) is 14.4 Å². The molecule has 0 unspecified atom stereocenters. The van der Waals surface area contributed by atoms with Crippen molar-refractivity contribution < 1.29 is 19.5 Å². The van der Waals surface area contributed by atoms with E-state index in [2.05, 4.69) is 5.32 Å². The van der Waals surface area contributed by atoms with Gasteiger partial charge in [0.15, 0.2) is 0 Å². The van der Waals surface area contributed by atoms with Crippen molar-refractivity contribution in [2.45, 2.75) is 32.1 Å². The molecule has 2 N–H and O–H groups in total. The van der Waals surface area contributed by atoms with Crippen LogP contribution in [0.4, 0.5) is 0 Å². The Morgan fingerprint density at radius 2 is 2.04 bits per heavy atom. The number of hydrogen-bond acceptors (Lipinski definition) is 4. The molecule has 1 aromatic rings. The minimum atomic E-state index is -0.767. The summed E-state index contributed by atoms with van der Waals surface area (Å²) in [5.74, 6) is -0.602. The summed E-state index contributed by atoms with van der Waals surface area (Å²) in [7, 11) is 0. The molecular formula is C16H22N2O4S. The molecule has 0 aliphatic carbocycles. The molecule has 1 aromatic heterocycles. The van der Waals surface area contributed by atoms with Gasteiger partial charge in [0.05, 0.1) is 0 Å². The second-order valence-corrected chi connectivity index (χ2v) is 6.57. The van der Waals surface area contributed by atoms with Gasteiger partial charge in [-0.25, -0.2) is 0 Å². The number of rotatable bonds is 7. The highest BCUT2D eigenvalue weighted by molar-refractivity contribution is 7.08. The van der Waals surface area contributed by atoms with E-state index in [1.165, 1.54) is 11.3 Å². The Morgan fingerprint density at radius 3 is 2.65 bits per heavy atom. The van der Waals surface area contributed by atoms with Crippen LogP contribution in [0.25, 0.3) is 0 Å². The van der Waals surface area contributed by atoms with Gasteiger partial charge >= 0.3 is 5.97 Å². The number of nitrogens with zero attached hydrogens (tertiary/aromatic N) is 1. The number of thiophene rings is 1. The highest BCUT2D eigenvalue weighted by atomic mass is 32.1. The maximum absolute atomic E-state index is 12.1. The lowest BCUT2D eigenvalue weighted by atomic mass is 9.93. The fourth-order valence-electron chi connectivity index (χ4n) is 2.73. The number of hydrogen-bond donors (Lipinski definition) is 2. The summed E-state index contributed by atoms with van der Waals surface area (Å²) < 4.78 is 0. The van der Waals surface area contributed by atoms with E-state index in [9.17, 15) is 14.4 Å². The zero-order valence-electron chi connectivity index (χ0n) is 13.0. The third-order valence-electron chi connectivity index (χ3n) is 4.07. The molecule has 7 heteroatoms. The van der Waals surface area contributed by atoms with Crippen molar-refractivity contribution in [3.05, 3.63) is 22.4 Å². The number of carboxylic acids is 1. The van der Waals surface area contributed by atoms with Crippen molar-refractivity contribution in [2.24, 2.45) is 5.92 Å². The monoisotopic (exact) mass is 338 g/mol. The van der Waals surface area contributed by atoms with Crippen molar-refractivity contribution in [2.75, 3.05) is 19.6 Å². The number of carboxylic acid groups (broad SMARTS) is 1. The van der Waals surface area contributed by atoms with Crippen LogP contribution in [0.5, 0.6) is 0 Å². The molecule has 0 saturated carbocycles. The predicted octanol–water partition coefficient (Wildman–Crippen LogP) is 1.97. The largest absolute Gasteiger partial charge is 0.481 e. The third kappa shape index (κ3) is 5.67. The van der Waals surface area contributed by atoms with Crippen LogP contribution in [0.3, 0.4) is 0 Å². The summed E-state index contributed by atoms with van der Waals surface area (Å²) in [4.78, 5) is 36.3. The van der Waals surface area contributed by atoms with Crippen molar-refractivity contribution in [1.29, 1.82) is 0 Å². The van der Waals surface area contributed by atoms with Crippen LogP contribution in [-0.4, -0.2) is 47.4 Å². The second-order valence-electron chi connectivity index (χ2n) is 5.79. The molecule has 23 heavy (non-hydrogen) atoms. The van der Waals surface area contributed by atoms with Crippen LogP contribution in [-0.2, 0) is 9.59 Å². The van der Waals surface area contributed by atoms with Gasteiger partial charge in [0.2, 0.25) is 5.91 Å². The zero-order chi connectivity index (χ0) is 16.7. The molecule has 2 rings (SSSR count). The highest BCUT2D eigenvalue weighted by Gasteiger charge is 2.23. The van der Waals surface area contributed by atoms with E-state index >= 15 is 0 Å². The molecule has 0 aromatic carbocycles. The van der Waals surface area contributed by atoms with Crippen LogP contribution in [0.15, 0.2) is 16.8 Å². The van der Waals surface area contributed by atoms with E-state index in [0.717, 1.165) is 12.8 Å². The highest BCUT2D eigenvalue weighted by Crippen LogP contribution is 2.21. The Bertz CT molecular complexity index is 536. The molecule has 1 aliphatic heterocycles. The SMILES string of the molecule is O=C(O)CC1CCN(C(=O)CCCNC(=O)c2ccsc2)CC1. The molecule has 0 atom stereocenters. The average molecular weight is 338 g/mol. The molecule has 0 radical (unpaired) electrons. The summed E-state index contributed by atoms with van der Waals surface area (Å²) in [5.41, 5.74) is 0.654. The Morgan fingerprint density at radius 1 is 1.30 bits per heavy atom. The van der Waals surface area contributed by atoms with Gasteiger partial charge in [0.1, 0.15) is 0 Å². The first-order valence-corrected chi connectivity index (χ1v) is 8.80. The quantitative estimate of drug-likeness (QED) is 0.744. The number of nitrogens with one attached hydrogen (secondary N) is 1. The Kier molecular flexibility index (Phi) is 6.58. The van der Waals surface area contributed by atoms with Gasteiger partial charge in [-0.15, -0.1) is 0 Å². The van der Waals surface area contributed by atoms with Gasteiger partial charge < -0.3 is 15.3 Å². The molecule has 1 aliphatic rings. The Balaban J connectivity index is 1.60. The lowest BCUT2D eigenvalue weighted by Gasteiger charge is -2.31. The number of likely N-dealkylation sites (tertiary alicyclic amines) is 1. The lowest BCUT2D eigenvalue weighted by Crippen LogP contribution is -2.39. The lowest BCUT2D eigenvalue weighted by molar-refractivity contribution is -0.138. The van der Waals surface area contributed by atoms with Gasteiger partial charge in [-0.05, 0) is 36.6 Å². The fourth-order valence-corrected chi connectivity index (χ4v) is 3.36. The summed E-state index contributed by atoms with van der Waals surface area (Å²) in [6, 6.07) is 1.77. The maximum atomic E-state index is 12.1. The first-order chi connectivity index (χ1) is 11.1. The van der Waals surface area contributed by atoms with Gasteiger partial charge in [0.25, 0.3) is 5.91 Å². The number of amides is 2. The van der Waals surface area contributed by atoms with Crippen molar-refractivity contribution in [3.8, 4) is 0 Å². The average Bonchev–Trinajstić information content (AvgIpc) is 3.05. The van der Waals surface area contributed by atoms with Crippen molar-refractivity contribution >= 4 is 29.1 Å². The molecule has 0 spiro atoms. The van der Waals surface area contributed by atoms with Crippen LogP contribution in [0.2, 0.25) is 0 Å². The van der Waals surface area contributed by atoms with Crippen LogP contribution in [0.1, 0.15) is 42.5 Å². The topological polar surface area (TPSA) is 86.7 Å². The molecule has 0 bridgehead atoms. The summed E-state index contributed by atoms with van der Waals surface area (Å²) >= 11 is 1.48. The Labute approximate surface area is 139 Å². The summed E-state index contributed by atoms with van der Waals surface area (Å²) in [5, 5.41) is 15.2. The molecular weight excluding hydrogens is 316 g/mol. The molecule has 1 fully saturated rings. The Hall–Kier alpha value is -1.89. The van der Waals surface area contributed by atoms with E-state index in [1.54, 1.807) is 16.3 Å². The first-order valence-electron chi connectivity index (χ1n) is 7.86. The standard InChI is InChI=1S/C16H22N2O4S/c19-14(18-7-3-12(4-8-18)10-15(20)21)2-1-6-17-16(22)13-5-9-23-11-13/h5,9,11-12H,1-4,6-8,10H2,(H,17,22)(H,20,21). The first kappa shape index (κ1) is 17.5. The van der Waals surface area contributed by atoms with E-state index < -0.39 is 5.97 Å². The zero-order valence-corrected chi connectivity index (χ0v) is 13.8. The smallest absolute Gasteiger partial charge is 0.303 e. The van der Waals surface area contributed by atoms with E-state index in [1.807, 2.05) is 5.38 Å². The van der Waals surface area contributed by atoms with Gasteiger partial charge in [0, 0.05) is 43.4 Å². The van der Waals surface area contributed by atoms with Gasteiger partial charge in [-0.2, -0.15) is 11.3 Å². The second kappa shape index (κ2) is 8.67. The van der Waals surface area contributed by atoms with Crippen molar-refractivity contribution in [1.82, 2.24) is 10.2 Å². The number of piperidine rings is 1. The van der Waals surface area contributed by atoms with Crippen LogP contribution in [0, 0.1) is 5.92 Å². The van der Waals surface area contributed by atoms with Crippen molar-refractivity contribution in [3.63, 3.8) is 0 Å². The molecule has 6 nitrogen and oxygen atoms in total. The normalized spacial score (nSPS) is 15.4. The molecule has 126 valence electrons. The number of carbonyl (C=O) groups excluding carboxylic acids is 2. The molecule has 1 saturated heterocycles. The molecule has 2 amide bonds. The van der Waals surface area contributed by atoms with Crippen LogP contribution >= 0.6 is 11.3 Å².